The maximum atomic E-state index is 8.98. The van der Waals surface area contributed by atoms with Gasteiger partial charge in [0.25, 0.3) is 0 Å². The predicted octanol–water partition coefficient (Wildman–Crippen LogP) is 2.81. The first-order valence-electron chi connectivity index (χ1n) is 6.76. The molecule has 1 aliphatic rings. The van der Waals surface area contributed by atoms with E-state index in [1.54, 1.807) is 0 Å². The van der Waals surface area contributed by atoms with Gasteiger partial charge in [-0.3, -0.25) is 0 Å². The molecule has 0 spiro atoms. The van der Waals surface area contributed by atoms with Crippen molar-refractivity contribution in [1.82, 2.24) is 5.32 Å². The van der Waals surface area contributed by atoms with Crippen LogP contribution in [0.3, 0.4) is 0 Å². The maximum Gasteiger partial charge on any atom is 0.0445 e. The minimum Gasteiger partial charge on any atom is -0.396 e. The van der Waals surface area contributed by atoms with Crippen LogP contribution in [-0.4, -0.2) is 17.8 Å². The van der Waals surface area contributed by atoms with Gasteiger partial charge in [0.15, 0.2) is 0 Å². The number of aliphatic hydroxyl groups is 1. The smallest absolute Gasteiger partial charge is 0.0445 e. The lowest BCUT2D eigenvalue weighted by atomic mass is 9.98. The van der Waals surface area contributed by atoms with Crippen molar-refractivity contribution in [1.29, 1.82) is 0 Å². The first-order chi connectivity index (χ1) is 8.31. The fourth-order valence-electron chi connectivity index (χ4n) is 2.71. The number of benzene rings is 1. The monoisotopic (exact) mass is 233 g/mol. The first-order valence-corrected chi connectivity index (χ1v) is 6.76. The SMILES string of the molecule is C[C@H](CCO)NC1CCCCc2ccccc21. The van der Waals surface area contributed by atoms with Crippen molar-refractivity contribution in [2.75, 3.05) is 6.61 Å². The third-order valence-corrected chi connectivity index (χ3v) is 3.67. The zero-order valence-corrected chi connectivity index (χ0v) is 10.7. The summed E-state index contributed by atoms with van der Waals surface area (Å²) in [6, 6.07) is 9.63. The first kappa shape index (κ1) is 12.6. The molecule has 17 heavy (non-hydrogen) atoms. The van der Waals surface area contributed by atoms with Gasteiger partial charge in [-0.1, -0.05) is 30.7 Å². The van der Waals surface area contributed by atoms with Crippen molar-refractivity contribution in [3.8, 4) is 0 Å². The summed E-state index contributed by atoms with van der Waals surface area (Å²) in [7, 11) is 0. The molecule has 0 saturated heterocycles. The third kappa shape index (κ3) is 3.30. The molecule has 0 aromatic heterocycles. The molecule has 1 aromatic rings. The molecule has 2 rings (SSSR count). The lowest BCUT2D eigenvalue weighted by Crippen LogP contribution is -2.31. The second kappa shape index (κ2) is 6.18. The van der Waals surface area contributed by atoms with Crippen molar-refractivity contribution in [2.45, 2.75) is 51.1 Å². The van der Waals surface area contributed by atoms with Crippen molar-refractivity contribution in [3.05, 3.63) is 35.4 Å². The van der Waals surface area contributed by atoms with Crippen molar-refractivity contribution >= 4 is 0 Å². The fourth-order valence-corrected chi connectivity index (χ4v) is 2.71. The van der Waals surface area contributed by atoms with Crippen LogP contribution in [0.2, 0.25) is 0 Å². The van der Waals surface area contributed by atoms with E-state index < -0.39 is 0 Å². The highest BCUT2D eigenvalue weighted by molar-refractivity contribution is 5.31. The molecule has 2 N–H and O–H groups in total. The van der Waals surface area contributed by atoms with E-state index in [1.807, 2.05) is 0 Å². The van der Waals surface area contributed by atoms with Gasteiger partial charge in [-0.15, -0.1) is 0 Å². The lowest BCUT2D eigenvalue weighted by Gasteiger charge is -2.23. The summed E-state index contributed by atoms with van der Waals surface area (Å²) < 4.78 is 0. The zero-order valence-electron chi connectivity index (χ0n) is 10.7. The maximum absolute atomic E-state index is 8.98. The van der Waals surface area contributed by atoms with Crippen LogP contribution in [0.1, 0.15) is 49.8 Å². The summed E-state index contributed by atoms with van der Waals surface area (Å²) in [5.74, 6) is 0. The molecule has 0 fully saturated rings. The predicted molar refractivity (Wildman–Crippen MR) is 71.0 cm³/mol. The van der Waals surface area contributed by atoms with Crippen LogP contribution in [0.5, 0.6) is 0 Å². The van der Waals surface area contributed by atoms with Crippen LogP contribution < -0.4 is 5.32 Å². The van der Waals surface area contributed by atoms with Crippen molar-refractivity contribution in [2.24, 2.45) is 0 Å². The number of fused-ring (bicyclic) bond motifs is 1. The Balaban J connectivity index is 2.11. The van der Waals surface area contributed by atoms with Crippen LogP contribution in [0, 0.1) is 0 Å². The molecular weight excluding hydrogens is 210 g/mol. The highest BCUT2D eigenvalue weighted by atomic mass is 16.3. The summed E-state index contributed by atoms with van der Waals surface area (Å²) in [5, 5.41) is 12.6. The van der Waals surface area contributed by atoms with E-state index in [4.69, 9.17) is 5.11 Å². The van der Waals surface area contributed by atoms with Crippen LogP contribution in [-0.2, 0) is 6.42 Å². The number of aryl methyl sites for hydroxylation is 1. The van der Waals surface area contributed by atoms with Gasteiger partial charge in [0, 0.05) is 18.7 Å². The van der Waals surface area contributed by atoms with E-state index >= 15 is 0 Å². The molecule has 0 radical (unpaired) electrons. The molecular formula is C15H23NO. The molecule has 94 valence electrons. The Kier molecular flexibility index (Phi) is 4.57. The van der Waals surface area contributed by atoms with Crippen LogP contribution in [0.4, 0.5) is 0 Å². The standard InChI is InChI=1S/C15H23NO/c1-12(10-11-17)16-15-9-5-3-7-13-6-2-4-8-14(13)15/h2,4,6,8,12,15-17H,3,5,7,9-11H2,1H3/t12-,15?/m1/s1. The minimum absolute atomic E-state index is 0.266. The number of nitrogens with one attached hydrogen (secondary N) is 1. The van der Waals surface area contributed by atoms with Gasteiger partial charge in [-0.2, -0.15) is 0 Å². The van der Waals surface area contributed by atoms with Crippen LogP contribution >= 0.6 is 0 Å². The van der Waals surface area contributed by atoms with Gasteiger partial charge < -0.3 is 10.4 Å². The fraction of sp³-hybridized carbons (Fsp3) is 0.600. The van der Waals surface area contributed by atoms with Gasteiger partial charge in [-0.25, -0.2) is 0 Å². The minimum atomic E-state index is 0.266. The Hall–Kier alpha value is -0.860. The van der Waals surface area contributed by atoms with E-state index in [2.05, 4.69) is 36.5 Å². The summed E-state index contributed by atoms with van der Waals surface area (Å²) in [5.41, 5.74) is 2.97. The summed E-state index contributed by atoms with van der Waals surface area (Å²) in [6.07, 6.45) is 5.84. The lowest BCUT2D eigenvalue weighted by molar-refractivity contribution is 0.261. The largest absolute Gasteiger partial charge is 0.396 e. The Morgan fingerprint density at radius 3 is 3.00 bits per heavy atom. The van der Waals surface area contributed by atoms with E-state index in [-0.39, 0.29) is 6.61 Å². The quantitative estimate of drug-likeness (QED) is 0.784. The van der Waals surface area contributed by atoms with Gasteiger partial charge in [0.1, 0.15) is 0 Å². The topological polar surface area (TPSA) is 32.3 Å². The van der Waals surface area contributed by atoms with Crippen molar-refractivity contribution in [3.63, 3.8) is 0 Å². The average Bonchev–Trinajstić information content (AvgIpc) is 2.53. The Bertz CT molecular complexity index is 351. The molecule has 2 heteroatoms. The van der Waals surface area contributed by atoms with Gasteiger partial charge in [0.2, 0.25) is 0 Å². The summed E-state index contributed by atoms with van der Waals surface area (Å²) in [4.78, 5) is 0. The van der Waals surface area contributed by atoms with Crippen LogP contribution in [0.15, 0.2) is 24.3 Å². The van der Waals surface area contributed by atoms with Gasteiger partial charge in [-0.05, 0) is 43.7 Å². The summed E-state index contributed by atoms with van der Waals surface area (Å²) >= 11 is 0. The zero-order chi connectivity index (χ0) is 12.1. The molecule has 0 heterocycles. The molecule has 1 aromatic carbocycles. The average molecular weight is 233 g/mol. The number of hydrogen-bond acceptors (Lipinski definition) is 2. The van der Waals surface area contributed by atoms with E-state index in [1.165, 1.54) is 36.8 Å². The highest BCUT2D eigenvalue weighted by Crippen LogP contribution is 2.28. The molecule has 1 unspecified atom stereocenters. The number of hydrogen-bond donors (Lipinski definition) is 2. The molecule has 0 aliphatic heterocycles. The second-order valence-electron chi connectivity index (χ2n) is 5.08. The number of aliphatic hydroxyl groups excluding tert-OH is 1. The Morgan fingerprint density at radius 1 is 1.35 bits per heavy atom. The van der Waals surface area contributed by atoms with Crippen molar-refractivity contribution < 1.29 is 5.11 Å². The summed E-state index contributed by atoms with van der Waals surface area (Å²) in [6.45, 7) is 2.42. The van der Waals surface area contributed by atoms with Crippen LogP contribution in [0.25, 0.3) is 0 Å². The second-order valence-corrected chi connectivity index (χ2v) is 5.08. The number of rotatable bonds is 4. The van der Waals surface area contributed by atoms with Gasteiger partial charge >= 0.3 is 0 Å². The molecule has 0 saturated carbocycles. The third-order valence-electron chi connectivity index (χ3n) is 3.67. The van der Waals surface area contributed by atoms with E-state index in [0.717, 1.165) is 6.42 Å². The molecule has 0 amide bonds. The van der Waals surface area contributed by atoms with E-state index in [9.17, 15) is 0 Å². The molecule has 1 aliphatic carbocycles. The molecule has 2 atom stereocenters. The molecule has 2 nitrogen and oxygen atoms in total. The Morgan fingerprint density at radius 2 is 2.18 bits per heavy atom. The molecule has 0 bridgehead atoms. The van der Waals surface area contributed by atoms with Gasteiger partial charge in [0.05, 0.1) is 0 Å². The van der Waals surface area contributed by atoms with E-state index in [0.29, 0.717) is 12.1 Å². The Labute approximate surface area is 104 Å². The highest BCUT2D eigenvalue weighted by Gasteiger charge is 2.19. The normalized spacial score (nSPS) is 21.6.